The van der Waals surface area contributed by atoms with E-state index in [1.807, 2.05) is 38.7 Å². The highest BCUT2D eigenvalue weighted by Gasteiger charge is 2.43. The first-order valence-electron chi connectivity index (χ1n) is 12.3. The van der Waals surface area contributed by atoms with Gasteiger partial charge < -0.3 is 19.3 Å². The van der Waals surface area contributed by atoms with E-state index >= 15 is 0 Å². The van der Waals surface area contributed by atoms with Crippen LogP contribution in [0.2, 0.25) is 0 Å². The molecule has 2 aliphatic heterocycles. The lowest BCUT2D eigenvalue weighted by molar-refractivity contribution is -0.0170. The summed E-state index contributed by atoms with van der Waals surface area (Å²) in [6, 6.07) is 3.67. The summed E-state index contributed by atoms with van der Waals surface area (Å²) < 4.78 is 38.1. The predicted octanol–water partition coefficient (Wildman–Crippen LogP) is 4.55. The molecule has 0 unspecified atom stereocenters. The van der Waals surface area contributed by atoms with E-state index in [9.17, 15) is 18.4 Å². The lowest BCUT2D eigenvalue weighted by Crippen LogP contribution is -2.57. The van der Waals surface area contributed by atoms with Crippen molar-refractivity contribution in [3.8, 4) is 11.4 Å². The number of hydrogen-bond acceptors (Lipinski definition) is 8. The number of amides is 2. The molecule has 2 fully saturated rings. The van der Waals surface area contributed by atoms with Gasteiger partial charge in [-0.25, -0.2) is 33.3 Å². The number of aryl methyl sites for hydroxylation is 1. The van der Waals surface area contributed by atoms with Crippen molar-refractivity contribution in [2.45, 2.75) is 64.7 Å². The van der Waals surface area contributed by atoms with Crippen LogP contribution in [0.1, 0.15) is 50.8 Å². The largest absolute Gasteiger partial charge is 0.444 e. The van der Waals surface area contributed by atoms with Crippen molar-refractivity contribution >= 4 is 23.8 Å². The van der Waals surface area contributed by atoms with E-state index in [0.717, 1.165) is 18.4 Å². The normalized spacial score (nSPS) is 21.9. The zero-order valence-electron chi connectivity index (χ0n) is 21.2. The zero-order chi connectivity index (χ0) is 26.5. The smallest absolute Gasteiger partial charge is 0.413 e. The average Bonchev–Trinajstić information content (AvgIpc) is 3.66. The second kappa shape index (κ2) is 9.38. The van der Waals surface area contributed by atoms with Gasteiger partial charge in [-0.2, -0.15) is 0 Å². The predicted molar refractivity (Wildman–Crippen MR) is 131 cm³/mol. The molecule has 0 radical (unpaired) electrons. The summed E-state index contributed by atoms with van der Waals surface area (Å²) in [7, 11) is 0. The van der Waals surface area contributed by atoms with Crippen LogP contribution in [0.3, 0.4) is 0 Å². The summed E-state index contributed by atoms with van der Waals surface area (Å²) in [5.41, 5.74) is 0.819. The van der Waals surface area contributed by atoms with Gasteiger partial charge in [0.1, 0.15) is 29.3 Å². The molecular weight excluding hydrogens is 486 g/mol. The van der Waals surface area contributed by atoms with Crippen LogP contribution in [-0.2, 0) is 9.47 Å². The summed E-state index contributed by atoms with van der Waals surface area (Å²) in [5, 5.41) is 2.37. The van der Waals surface area contributed by atoms with Gasteiger partial charge in [0.15, 0.2) is 6.10 Å². The van der Waals surface area contributed by atoms with E-state index in [-0.39, 0.29) is 29.2 Å². The number of carbonyl (C=O) groups excluding carboxylic acids is 2. The number of aromatic nitrogens is 3. The van der Waals surface area contributed by atoms with Gasteiger partial charge in [0.05, 0.1) is 17.3 Å². The number of cyclic esters (lactones) is 1. The van der Waals surface area contributed by atoms with Crippen molar-refractivity contribution < 1.29 is 27.8 Å². The molecule has 10 nitrogen and oxygen atoms in total. The Hall–Kier alpha value is -3.57. The summed E-state index contributed by atoms with van der Waals surface area (Å²) >= 11 is 0. The van der Waals surface area contributed by atoms with Gasteiger partial charge >= 0.3 is 12.2 Å². The monoisotopic (exact) mass is 516 g/mol. The standard InChI is InChI=1S/C25H30F2N6O4/c1-13-9-15(19-18-20(21(26)27)36-23(34)31-22(18)29-12-28-19)30-17(10-13)32-7-8-33(16(11-32)14-5-6-14)24(35)37-25(2,3)4/h9-10,12,14,16,20-21H,5-8,11H2,1-4H3,(H,28,29,31,34)/t16-,20-/m1/s1. The summed E-state index contributed by atoms with van der Waals surface area (Å²) in [4.78, 5) is 41.6. The number of pyridine rings is 1. The maximum atomic E-state index is 13.8. The van der Waals surface area contributed by atoms with Gasteiger partial charge in [-0.1, -0.05) is 0 Å². The van der Waals surface area contributed by atoms with Crippen LogP contribution in [0.4, 0.5) is 30.0 Å². The third-order valence-electron chi connectivity index (χ3n) is 6.59. The Balaban J connectivity index is 1.45. The minimum atomic E-state index is -2.96. The summed E-state index contributed by atoms with van der Waals surface area (Å²) in [6.45, 7) is 9.06. The molecule has 0 aromatic carbocycles. The highest BCUT2D eigenvalue weighted by molar-refractivity contribution is 5.88. The van der Waals surface area contributed by atoms with E-state index < -0.39 is 24.2 Å². The van der Waals surface area contributed by atoms with Gasteiger partial charge in [-0.15, -0.1) is 0 Å². The fraction of sp³-hybridized carbons (Fsp3) is 0.560. The fourth-order valence-electron chi connectivity index (χ4n) is 4.83. The fourth-order valence-corrected chi connectivity index (χ4v) is 4.83. The lowest BCUT2D eigenvalue weighted by Gasteiger charge is -2.42. The number of halogens is 2. The molecule has 37 heavy (non-hydrogen) atoms. The number of nitrogens with zero attached hydrogens (tertiary/aromatic N) is 5. The van der Waals surface area contributed by atoms with Crippen LogP contribution < -0.4 is 10.2 Å². The zero-order valence-corrected chi connectivity index (χ0v) is 21.2. The molecule has 2 aromatic heterocycles. The van der Waals surface area contributed by atoms with Crippen LogP contribution in [-0.4, -0.2) is 69.7 Å². The molecule has 2 aromatic rings. The van der Waals surface area contributed by atoms with Crippen molar-refractivity contribution in [3.05, 3.63) is 29.6 Å². The van der Waals surface area contributed by atoms with Crippen molar-refractivity contribution in [2.24, 2.45) is 5.92 Å². The molecule has 12 heteroatoms. The number of fused-ring (bicyclic) bond motifs is 1. The van der Waals surface area contributed by atoms with Gasteiger partial charge in [0, 0.05) is 19.6 Å². The molecule has 4 heterocycles. The van der Waals surface area contributed by atoms with Crippen LogP contribution in [0.5, 0.6) is 0 Å². The number of alkyl halides is 2. The van der Waals surface area contributed by atoms with E-state index in [1.165, 1.54) is 6.33 Å². The Morgan fingerprint density at radius 1 is 1.22 bits per heavy atom. The summed E-state index contributed by atoms with van der Waals surface area (Å²) in [5.74, 6) is 1.04. The first kappa shape index (κ1) is 25.1. The van der Waals surface area contributed by atoms with Crippen LogP contribution in [0, 0.1) is 12.8 Å². The number of carbonyl (C=O) groups is 2. The molecule has 2 atom stereocenters. The minimum Gasteiger partial charge on any atom is -0.444 e. The molecule has 0 spiro atoms. The SMILES string of the molecule is Cc1cc(-c2ncnc3c2[C@H](C(F)F)OC(=O)N3)nc(N2CCN(C(=O)OC(C)(C)C)[C@@H](C3CC3)C2)c1. The van der Waals surface area contributed by atoms with Gasteiger partial charge in [-0.3, -0.25) is 5.32 Å². The number of anilines is 2. The number of rotatable bonds is 4. The van der Waals surface area contributed by atoms with Crippen molar-refractivity contribution in [1.29, 1.82) is 0 Å². The molecule has 2 amide bonds. The Kier molecular flexibility index (Phi) is 6.36. The minimum absolute atomic E-state index is 0.00648. The lowest BCUT2D eigenvalue weighted by atomic mass is 10.0. The van der Waals surface area contributed by atoms with E-state index in [1.54, 1.807) is 6.07 Å². The topological polar surface area (TPSA) is 110 Å². The first-order valence-corrected chi connectivity index (χ1v) is 12.3. The molecular formula is C25H30F2N6O4. The Bertz CT molecular complexity index is 1220. The van der Waals surface area contributed by atoms with Crippen molar-refractivity contribution in [1.82, 2.24) is 19.9 Å². The number of hydrogen-bond donors (Lipinski definition) is 1. The molecule has 1 saturated heterocycles. The van der Waals surface area contributed by atoms with Gasteiger partial charge in [-0.05, 0) is 64.2 Å². The maximum Gasteiger partial charge on any atom is 0.413 e. The van der Waals surface area contributed by atoms with E-state index in [2.05, 4.69) is 20.2 Å². The Morgan fingerprint density at radius 2 is 1.97 bits per heavy atom. The number of ether oxygens (including phenoxy) is 2. The molecule has 5 rings (SSSR count). The van der Waals surface area contributed by atoms with E-state index in [4.69, 9.17) is 14.5 Å². The highest BCUT2D eigenvalue weighted by atomic mass is 19.3. The highest BCUT2D eigenvalue weighted by Crippen LogP contribution is 2.40. The molecule has 3 aliphatic rings. The average molecular weight is 517 g/mol. The Morgan fingerprint density at radius 3 is 2.65 bits per heavy atom. The van der Waals surface area contributed by atoms with Crippen LogP contribution >= 0.6 is 0 Å². The third kappa shape index (κ3) is 5.28. The second-order valence-corrected chi connectivity index (χ2v) is 10.7. The van der Waals surface area contributed by atoms with Crippen molar-refractivity contribution in [3.63, 3.8) is 0 Å². The molecule has 1 N–H and O–H groups in total. The van der Waals surface area contributed by atoms with Gasteiger partial charge in [0.2, 0.25) is 0 Å². The quantitative estimate of drug-likeness (QED) is 0.630. The number of piperazine rings is 1. The Labute approximate surface area is 213 Å². The molecule has 198 valence electrons. The molecule has 0 bridgehead atoms. The van der Waals surface area contributed by atoms with Crippen LogP contribution in [0.15, 0.2) is 18.5 Å². The maximum absolute atomic E-state index is 13.8. The van der Waals surface area contributed by atoms with E-state index in [0.29, 0.717) is 37.1 Å². The van der Waals surface area contributed by atoms with Crippen molar-refractivity contribution in [2.75, 3.05) is 29.9 Å². The molecule has 1 saturated carbocycles. The number of nitrogens with one attached hydrogen (secondary N) is 1. The first-order chi connectivity index (χ1) is 17.5. The van der Waals surface area contributed by atoms with Crippen LogP contribution in [0.25, 0.3) is 11.4 Å². The second-order valence-electron chi connectivity index (χ2n) is 10.7. The third-order valence-corrected chi connectivity index (χ3v) is 6.59. The summed E-state index contributed by atoms with van der Waals surface area (Å²) in [6.07, 6.45) is -2.75. The molecule has 1 aliphatic carbocycles. The van der Waals surface area contributed by atoms with Gasteiger partial charge in [0.25, 0.3) is 6.43 Å².